The van der Waals surface area contributed by atoms with Crippen molar-refractivity contribution < 1.29 is 14.6 Å². The van der Waals surface area contributed by atoms with Crippen molar-refractivity contribution in [1.82, 2.24) is 34.3 Å². The molecule has 0 unspecified atom stereocenters. The molecule has 5 rings (SSSR count). The van der Waals surface area contributed by atoms with Crippen LogP contribution in [-0.4, -0.2) is 98.2 Å². The number of amides is 1. The van der Waals surface area contributed by atoms with Crippen LogP contribution in [0.2, 0.25) is 5.02 Å². The summed E-state index contributed by atoms with van der Waals surface area (Å²) in [5, 5.41) is 11.6. The number of carbonyl (C=O) groups is 1. The van der Waals surface area contributed by atoms with Crippen molar-refractivity contribution in [3.8, 4) is 28.7 Å². The van der Waals surface area contributed by atoms with E-state index in [1.165, 1.54) is 16.7 Å². The van der Waals surface area contributed by atoms with E-state index in [9.17, 15) is 14.7 Å². The normalized spacial score (nSPS) is 15.1. The highest BCUT2D eigenvalue weighted by atomic mass is 35.5. The van der Waals surface area contributed by atoms with Gasteiger partial charge in [-0.05, 0) is 57.1 Å². The quantitative estimate of drug-likeness (QED) is 0.177. The number of ether oxygens (including phenoxy) is 1. The summed E-state index contributed by atoms with van der Waals surface area (Å²) in [7, 11) is 3.91. The lowest BCUT2D eigenvalue weighted by molar-refractivity contribution is -0.126. The molecule has 0 spiro atoms. The first-order chi connectivity index (χ1) is 23.2. The number of pyridine rings is 1. The first-order valence-electron chi connectivity index (χ1n) is 16.3. The average molecular weight is 690 g/mol. The first-order valence-corrected chi connectivity index (χ1v) is 16.7. The minimum absolute atomic E-state index is 0.109. The van der Waals surface area contributed by atoms with Crippen LogP contribution in [0.25, 0.3) is 28.0 Å². The molecule has 13 nitrogen and oxygen atoms in total. The number of fused-ring (bicyclic) bond motifs is 1. The van der Waals surface area contributed by atoms with Crippen LogP contribution in [0.1, 0.15) is 57.8 Å². The minimum atomic E-state index is -0.598. The van der Waals surface area contributed by atoms with E-state index in [2.05, 4.69) is 11.6 Å². The van der Waals surface area contributed by atoms with E-state index in [0.29, 0.717) is 61.1 Å². The van der Waals surface area contributed by atoms with E-state index in [4.69, 9.17) is 37.0 Å². The summed E-state index contributed by atoms with van der Waals surface area (Å²) >= 11 is 6.93. The van der Waals surface area contributed by atoms with Gasteiger partial charge in [0, 0.05) is 37.9 Å². The zero-order chi connectivity index (χ0) is 35.7. The zero-order valence-electron chi connectivity index (χ0n) is 29.1. The molecule has 1 amide bonds. The number of benzene rings is 1. The zero-order valence-corrected chi connectivity index (χ0v) is 29.8. The van der Waals surface area contributed by atoms with E-state index >= 15 is 0 Å². The van der Waals surface area contributed by atoms with Crippen LogP contribution in [0, 0.1) is 0 Å². The number of hydrogen-bond donors (Lipinski definition) is 2. The third-order valence-corrected chi connectivity index (χ3v) is 8.79. The molecular weight excluding hydrogens is 646 g/mol. The Morgan fingerprint density at radius 2 is 1.82 bits per heavy atom. The highest BCUT2D eigenvalue weighted by Crippen LogP contribution is 2.41. The number of carbonyl (C=O) groups excluding carboxylic acids is 1. The molecule has 4 aromatic rings. The predicted molar refractivity (Wildman–Crippen MR) is 193 cm³/mol. The summed E-state index contributed by atoms with van der Waals surface area (Å²) in [5.41, 5.74) is 8.31. The Morgan fingerprint density at radius 1 is 1.14 bits per heavy atom. The van der Waals surface area contributed by atoms with Gasteiger partial charge < -0.3 is 30.3 Å². The van der Waals surface area contributed by atoms with Crippen LogP contribution < -0.4 is 21.1 Å². The van der Waals surface area contributed by atoms with Gasteiger partial charge in [0.25, 0.3) is 0 Å². The number of nitrogens with zero attached hydrogens (tertiary/aromatic N) is 8. The van der Waals surface area contributed by atoms with Gasteiger partial charge in [-0.25, -0.2) is 14.3 Å². The second-order valence-corrected chi connectivity index (χ2v) is 13.5. The third kappa shape index (κ3) is 7.04. The fourth-order valence-corrected chi connectivity index (χ4v) is 6.25. The van der Waals surface area contributed by atoms with Gasteiger partial charge in [-0.1, -0.05) is 51.9 Å². The lowest BCUT2D eigenvalue weighted by atomic mass is 10.0. The molecule has 260 valence electrons. The molecule has 0 radical (unpaired) electrons. The summed E-state index contributed by atoms with van der Waals surface area (Å²) in [4.78, 5) is 51.9. The van der Waals surface area contributed by atoms with Gasteiger partial charge in [-0.15, -0.1) is 0 Å². The van der Waals surface area contributed by atoms with Crippen LogP contribution in [-0.2, 0) is 4.79 Å². The molecule has 14 heteroatoms. The van der Waals surface area contributed by atoms with Crippen LogP contribution in [0.4, 0.5) is 11.5 Å². The van der Waals surface area contributed by atoms with Crippen molar-refractivity contribution in [3.63, 3.8) is 0 Å². The maximum absolute atomic E-state index is 14.5. The number of aromatic hydroxyl groups is 1. The maximum atomic E-state index is 14.5. The fourth-order valence-electron chi connectivity index (χ4n) is 6.00. The molecule has 0 aliphatic carbocycles. The van der Waals surface area contributed by atoms with E-state index in [1.807, 2.05) is 58.5 Å². The minimum Gasteiger partial charge on any atom is -0.507 e. The fraction of sp³-hybridized carbons (Fsp3) is 0.429. The molecule has 3 aromatic heterocycles. The molecule has 0 bridgehead atoms. The number of halogens is 1. The second kappa shape index (κ2) is 14.4. The van der Waals surface area contributed by atoms with E-state index in [-0.39, 0.29) is 63.2 Å². The Balaban J connectivity index is 1.83. The number of phenols is 1. The van der Waals surface area contributed by atoms with Gasteiger partial charge in [0.2, 0.25) is 5.91 Å². The van der Waals surface area contributed by atoms with Crippen molar-refractivity contribution in [3.05, 3.63) is 63.8 Å². The molecule has 0 saturated carbocycles. The Hall–Kier alpha value is -4.75. The van der Waals surface area contributed by atoms with Gasteiger partial charge in [0.05, 0.1) is 38.7 Å². The van der Waals surface area contributed by atoms with Crippen molar-refractivity contribution in [1.29, 1.82) is 0 Å². The number of aromatic nitrogens is 5. The number of phenolic OH excluding ortho intramolecular Hbond substituents is 1. The van der Waals surface area contributed by atoms with E-state index in [0.717, 1.165) is 0 Å². The van der Waals surface area contributed by atoms with E-state index in [1.54, 1.807) is 23.1 Å². The number of piperazine rings is 1. The molecule has 1 aromatic carbocycles. The summed E-state index contributed by atoms with van der Waals surface area (Å²) in [6.45, 7) is 15.8. The molecule has 3 N–H and O–H groups in total. The Kier molecular flexibility index (Phi) is 10.4. The topological polar surface area (TPSA) is 156 Å². The predicted octanol–water partition coefficient (Wildman–Crippen LogP) is 4.59. The van der Waals surface area contributed by atoms with Crippen LogP contribution >= 0.6 is 11.6 Å². The highest BCUT2D eigenvalue weighted by Gasteiger charge is 2.32. The standard InChI is InChI=1S/C35H44ClN9O4/c1-9-26(47)43-13-14-44(21(6)18-43)32-22-17-23(36)30(27-24(37)11-10-12-25(27)46)38-33(22)45(35(48)41-32)31-28(19(2)3)39-34(40-29(31)20(4)5)49-16-15-42(7)8/h9-12,17,19-21,46H,1,13-16,18,37H2,2-8H3/t21-/m0/s1. The number of nitrogens with two attached hydrogens (primary N) is 1. The number of likely N-dealkylation sites (N-methyl/N-ethyl adjacent to an activating group) is 1. The number of hydrogen-bond acceptors (Lipinski definition) is 11. The van der Waals surface area contributed by atoms with Crippen LogP contribution in [0.15, 0.2) is 41.7 Å². The molecule has 49 heavy (non-hydrogen) atoms. The molecular formula is C35H44ClN9O4. The molecule has 1 aliphatic heterocycles. The summed E-state index contributed by atoms with van der Waals surface area (Å²) in [6, 6.07) is 6.49. The van der Waals surface area contributed by atoms with Crippen molar-refractivity contribution in [2.45, 2.75) is 52.5 Å². The highest BCUT2D eigenvalue weighted by molar-refractivity contribution is 6.34. The largest absolute Gasteiger partial charge is 0.507 e. The summed E-state index contributed by atoms with van der Waals surface area (Å²) in [6.07, 6.45) is 1.30. The summed E-state index contributed by atoms with van der Waals surface area (Å²) < 4.78 is 7.42. The molecule has 1 atom stereocenters. The average Bonchev–Trinajstić information content (AvgIpc) is 3.04. The van der Waals surface area contributed by atoms with Gasteiger partial charge in [-0.3, -0.25) is 4.79 Å². The lowest BCUT2D eigenvalue weighted by Crippen LogP contribution is -2.54. The van der Waals surface area contributed by atoms with Gasteiger partial charge in [-0.2, -0.15) is 15.0 Å². The third-order valence-electron chi connectivity index (χ3n) is 8.50. The van der Waals surface area contributed by atoms with E-state index < -0.39 is 5.69 Å². The SMILES string of the molecule is C=CC(=O)N1CCN(c2nc(=O)n(-c3c(C(C)C)nc(OCCN(C)C)nc3C(C)C)c3nc(-c4c(N)cccc4O)c(Cl)cc23)[C@@H](C)C1. The van der Waals surface area contributed by atoms with Crippen molar-refractivity contribution >= 4 is 40.0 Å². The smallest absolute Gasteiger partial charge is 0.355 e. The van der Waals surface area contributed by atoms with Crippen LogP contribution in [0.3, 0.4) is 0 Å². The molecule has 1 saturated heterocycles. The van der Waals surface area contributed by atoms with Gasteiger partial charge >= 0.3 is 11.7 Å². The van der Waals surface area contributed by atoms with Crippen molar-refractivity contribution in [2.24, 2.45) is 0 Å². The monoisotopic (exact) mass is 689 g/mol. The number of anilines is 2. The molecule has 1 fully saturated rings. The summed E-state index contributed by atoms with van der Waals surface area (Å²) in [5.74, 6) is -0.191. The molecule has 1 aliphatic rings. The second-order valence-electron chi connectivity index (χ2n) is 13.1. The van der Waals surface area contributed by atoms with Crippen molar-refractivity contribution in [2.75, 3.05) is 57.5 Å². The maximum Gasteiger partial charge on any atom is 0.355 e. The number of nitrogen functional groups attached to an aromatic ring is 1. The van der Waals surface area contributed by atoms with Crippen LogP contribution in [0.5, 0.6) is 11.8 Å². The van der Waals surface area contributed by atoms with Gasteiger partial charge in [0.15, 0.2) is 5.65 Å². The number of rotatable bonds is 10. The Bertz CT molecular complexity index is 1910. The Labute approximate surface area is 291 Å². The molecule has 4 heterocycles. The Morgan fingerprint density at radius 3 is 2.39 bits per heavy atom. The first kappa shape index (κ1) is 35.6. The van der Waals surface area contributed by atoms with Gasteiger partial charge in [0.1, 0.15) is 18.2 Å². The lowest BCUT2D eigenvalue weighted by Gasteiger charge is -2.40.